The molecule has 0 aliphatic heterocycles. The van der Waals surface area contributed by atoms with Crippen molar-refractivity contribution in [3.05, 3.63) is 34.9 Å². The molecule has 0 radical (unpaired) electrons. The summed E-state index contributed by atoms with van der Waals surface area (Å²) in [5, 5.41) is 12.5. The summed E-state index contributed by atoms with van der Waals surface area (Å²) in [7, 11) is 1.98. The first-order valence-electron chi connectivity index (χ1n) is 7.71. The van der Waals surface area contributed by atoms with Crippen LogP contribution in [0.25, 0.3) is 0 Å². The van der Waals surface area contributed by atoms with Gasteiger partial charge in [-0.05, 0) is 38.8 Å². The van der Waals surface area contributed by atoms with E-state index in [0.29, 0.717) is 5.92 Å². The highest BCUT2D eigenvalue weighted by molar-refractivity contribution is 5.19. The molecular weight excluding hydrogens is 262 g/mol. The number of nitrogens with zero attached hydrogens (tertiary/aromatic N) is 4. The summed E-state index contributed by atoms with van der Waals surface area (Å²) in [6.45, 7) is 11.4. The van der Waals surface area contributed by atoms with Gasteiger partial charge in [-0.3, -0.25) is 9.36 Å². The third-order valence-corrected chi connectivity index (χ3v) is 3.63. The molecule has 0 unspecified atom stereocenters. The monoisotopic (exact) mass is 289 g/mol. The lowest BCUT2D eigenvalue weighted by Gasteiger charge is -2.08. The zero-order valence-electron chi connectivity index (χ0n) is 13.8. The van der Waals surface area contributed by atoms with Crippen LogP contribution < -0.4 is 5.32 Å². The van der Waals surface area contributed by atoms with Crippen LogP contribution in [-0.4, -0.2) is 26.1 Å². The highest BCUT2D eigenvalue weighted by atomic mass is 15.3. The van der Waals surface area contributed by atoms with Gasteiger partial charge in [0, 0.05) is 37.6 Å². The molecule has 5 heteroatoms. The Bertz CT molecular complexity index is 580. The van der Waals surface area contributed by atoms with Crippen LogP contribution in [0.5, 0.6) is 0 Å². The molecule has 0 atom stereocenters. The third-order valence-electron chi connectivity index (χ3n) is 3.63. The minimum atomic E-state index is 0.470. The van der Waals surface area contributed by atoms with E-state index in [1.165, 1.54) is 17.0 Å². The number of nitrogens with one attached hydrogen (secondary N) is 1. The molecule has 21 heavy (non-hydrogen) atoms. The predicted octanol–water partition coefficient (Wildman–Crippen LogP) is 2.54. The molecule has 0 aliphatic carbocycles. The van der Waals surface area contributed by atoms with Crippen molar-refractivity contribution in [3.63, 3.8) is 0 Å². The second-order valence-corrected chi connectivity index (χ2v) is 6.05. The third kappa shape index (κ3) is 4.17. The molecule has 2 aromatic rings. The lowest BCUT2D eigenvalue weighted by atomic mass is 10.1. The minimum Gasteiger partial charge on any atom is -0.312 e. The van der Waals surface area contributed by atoms with Crippen molar-refractivity contribution in [3.8, 4) is 0 Å². The van der Waals surface area contributed by atoms with Gasteiger partial charge >= 0.3 is 0 Å². The van der Waals surface area contributed by atoms with Gasteiger partial charge in [0.25, 0.3) is 0 Å². The van der Waals surface area contributed by atoms with E-state index in [1.807, 2.05) is 18.7 Å². The highest BCUT2D eigenvalue weighted by Crippen LogP contribution is 2.16. The standard InChI is InChI=1S/C16H27N5/c1-12(2)16-15(11-20(5)19-16)10-17-7-6-8-21-14(4)9-13(3)18-21/h9,11-12,17H,6-8,10H2,1-5H3. The van der Waals surface area contributed by atoms with Gasteiger partial charge in [0.2, 0.25) is 0 Å². The van der Waals surface area contributed by atoms with Gasteiger partial charge in [0.05, 0.1) is 11.4 Å². The van der Waals surface area contributed by atoms with E-state index in [0.717, 1.165) is 31.7 Å². The summed E-state index contributed by atoms with van der Waals surface area (Å²) in [6, 6.07) is 2.12. The van der Waals surface area contributed by atoms with Crippen molar-refractivity contribution in [2.75, 3.05) is 6.54 Å². The van der Waals surface area contributed by atoms with E-state index in [1.54, 1.807) is 0 Å². The SMILES string of the molecule is Cc1cc(C)n(CCCNCc2cn(C)nc2C(C)C)n1. The Balaban J connectivity index is 1.76. The van der Waals surface area contributed by atoms with E-state index in [9.17, 15) is 0 Å². The molecule has 1 N–H and O–H groups in total. The smallest absolute Gasteiger partial charge is 0.0694 e. The fourth-order valence-corrected chi connectivity index (χ4v) is 2.66. The normalized spacial score (nSPS) is 11.5. The number of aromatic nitrogens is 4. The Hall–Kier alpha value is -1.62. The summed E-state index contributed by atoms with van der Waals surface area (Å²) in [6.07, 6.45) is 3.20. The highest BCUT2D eigenvalue weighted by Gasteiger charge is 2.10. The first-order valence-corrected chi connectivity index (χ1v) is 7.71. The molecule has 2 rings (SSSR count). The summed E-state index contributed by atoms with van der Waals surface area (Å²) >= 11 is 0. The molecule has 0 aliphatic rings. The number of aryl methyl sites for hydroxylation is 4. The molecule has 2 aromatic heterocycles. The molecule has 0 spiro atoms. The number of hydrogen-bond donors (Lipinski definition) is 1. The molecular formula is C16H27N5. The van der Waals surface area contributed by atoms with Gasteiger partial charge < -0.3 is 5.32 Å². The Morgan fingerprint density at radius 3 is 2.62 bits per heavy atom. The minimum absolute atomic E-state index is 0.470. The Labute approximate surface area is 127 Å². The van der Waals surface area contributed by atoms with Crippen molar-refractivity contribution in [1.29, 1.82) is 0 Å². The van der Waals surface area contributed by atoms with Crippen LogP contribution >= 0.6 is 0 Å². The van der Waals surface area contributed by atoms with E-state index >= 15 is 0 Å². The van der Waals surface area contributed by atoms with Crippen LogP contribution in [0, 0.1) is 13.8 Å². The maximum absolute atomic E-state index is 4.53. The van der Waals surface area contributed by atoms with Gasteiger partial charge in [-0.15, -0.1) is 0 Å². The van der Waals surface area contributed by atoms with Gasteiger partial charge in [-0.1, -0.05) is 13.8 Å². The molecule has 2 heterocycles. The predicted molar refractivity (Wildman–Crippen MR) is 85.3 cm³/mol. The van der Waals surface area contributed by atoms with Crippen molar-refractivity contribution >= 4 is 0 Å². The van der Waals surface area contributed by atoms with Crippen LogP contribution in [-0.2, 0) is 20.1 Å². The maximum Gasteiger partial charge on any atom is 0.0694 e. The van der Waals surface area contributed by atoms with Gasteiger partial charge in [0.1, 0.15) is 0 Å². The summed E-state index contributed by atoms with van der Waals surface area (Å²) in [5.74, 6) is 0.470. The van der Waals surface area contributed by atoms with E-state index in [-0.39, 0.29) is 0 Å². The zero-order valence-corrected chi connectivity index (χ0v) is 13.8. The fourth-order valence-electron chi connectivity index (χ4n) is 2.66. The fraction of sp³-hybridized carbons (Fsp3) is 0.625. The van der Waals surface area contributed by atoms with E-state index < -0.39 is 0 Å². The van der Waals surface area contributed by atoms with Crippen LogP contribution in [0.3, 0.4) is 0 Å². The Morgan fingerprint density at radius 2 is 2.00 bits per heavy atom. The molecule has 0 saturated carbocycles. The summed E-state index contributed by atoms with van der Waals surface area (Å²) in [4.78, 5) is 0. The quantitative estimate of drug-likeness (QED) is 0.797. The van der Waals surface area contributed by atoms with Crippen molar-refractivity contribution in [2.45, 2.75) is 53.1 Å². The van der Waals surface area contributed by atoms with E-state index in [2.05, 4.69) is 53.2 Å². The first kappa shape index (κ1) is 15.8. The van der Waals surface area contributed by atoms with E-state index in [4.69, 9.17) is 0 Å². The van der Waals surface area contributed by atoms with Gasteiger partial charge in [-0.2, -0.15) is 10.2 Å². The maximum atomic E-state index is 4.53. The second-order valence-electron chi connectivity index (χ2n) is 6.05. The number of hydrogen-bond acceptors (Lipinski definition) is 3. The van der Waals surface area contributed by atoms with Gasteiger partial charge in [0.15, 0.2) is 0 Å². The molecule has 116 valence electrons. The summed E-state index contributed by atoms with van der Waals surface area (Å²) < 4.78 is 3.99. The van der Waals surface area contributed by atoms with Crippen LogP contribution in [0.2, 0.25) is 0 Å². The Morgan fingerprint density at radius 1 is 1.24 bits per heavy atom. The Kier molecular flexibility index (Phi) is 5.17. The average molecular weight is 289 g/mol. The largest absolute Gasteiger partial charge is 0.312 e. The van der Waals surface area contributed by atoms with Crippen LogP contribution in [0.15, 0.2) is 12.3 Å². The first-order chi connectivity index (χ1) is 9.97. The zero-order chi connectivity index (χ0) is 15.4. The topological polar surface area (TPSA) is 47.7 Å². The number of rotatable bonds is 7. The summed E-state index contributed by atoms with van der Waals surface area (Å²) in [5.41, 5.74) is 4.83. The van der Waals surface area contributed by atoms with Crippen LogP contribution in [0.4, 0.5) is 0 Å². The second kappa shape index (κ2) is 6.89. The lowest BCUT2D eigenvalue weighted by Crippen LogP contribution is -2.17. The average Bonchev–Trinajstić information content (AvgIpc) is 2.92. The van der Waals surface area contributed by atoms with Crippen molar-refractivity contribution in [1.82, 2.24) is 24.9 Å². The molecule has 0 saturated heterocycles. The molecule has 0 fully saturated rings. The lowest BCUT2D eigenvalue weighted by molar-refractivity contribution is 0.531. The van der Waals surface area contributed by atoms with Crippen molar-refractivity contribution in [2.24, 2.45) is 7.05 Å². The molecule has 5 nitrogen and oxygen atoms in total. The van der Waals surface area contributed by atoms with Gasteiger partial charge in [-0.25, -0.2) is 0 Å². The molecule has 0 aromatic carbocycles. The molecule has 0 amide bonds. The molecule has 0 bridgehead atoms. The van der Waals surface area contributed by atoms with Crippen LogP contribution in [0.1, 0.15) is 48.8 Å². The van der Waals surface area contributed by atoms with Crippen molar-refractivity contribution < 1.29 is 0 Å².